The van der Waals surface area contributed by atoms with Gasteiger partial charge in [-0.3, -0.25) is 0 Å². The van der Waals surface area contributed by atoms with Crippen molar-refractivity contribution in [3.05, 3.63) is 61.1 Å². The summed E-state index contributed by atoms with van der Waals surface area (Å²) in [6, 6.07) is 15.5. The fourth-order valence-corrected chi connectivity index (χ4v) is 3.19. The number of anilines is 3. The van der Waals surface area contributed by atoms with E-state index in [4.69, 9.17) is 14.9 Å². The van der Waals surface area contributed by atoms with Crippen molar-refractivity contribution in [3.8, 4) is 28.5 Å². The maximum absolute atomic E-state index is 6.02. The van der Waals surface area contributed by atoms with Crippen molar-refractivity contribution in [1.82, 2.24) is 19.9 Å². The lowest BCUT2D eigenvalue weighted by Gasteiger charge is -2.23. The molecule has 0 atom stereocenters. The third-order valence-electron chi connectivity index (χ3n) is 4.56. The Morgan fingerprint density at radius 3 is 2.60 bits per heavy atom. The summed E-state index contributed by atoms with van der Waals surface area (Å²) >= 11 is 0. The molecule has 0 aliphatic rings. The summed E-state index contributed by atoms with van der Waals surface area (Å²) in [5.41, 5.74) is 8.59. The summed E-state index contributed by atoms with van der Waals surface area (Å²) in [6.45, 7) is 2.79. The summed E-state index contributed by atoms with van der Waals surface area (Å²) in [7, 11) is 1.62. The van der Waals surface area contributed by atoms with Crippen LogP contribution in [0.2, 0.25) is 0 Å². The number of methoxy groups -OCH3 is 1. The van der Waals surface area contributed by atoms with Crippen molar-refractivity contribution in [1.29, 1.82) is 0 Å². The number of hydrogen-bond acceptors (Lipinski definition) is 8. The third-order valence-corrected chi connectivity index (χ3v) is 4.56. The molecule has 0 saturated heterocycles. The molecule has 0 bridgehead atoms. The summed E-state index contributed by atoms with van der Waals surface area (Å²) in [6.07, 6.45) is 3.93. The predicted molar refractivity (Wildman–Crippen MR) is 115 cm³/mol. The number of hydrogen-bond donors (Lipinski definition) is 1. The normalized spacial score (nSPS) is 10.7. The zero-order valence-electron chi connectivity index (χ0n) is 16.8. The zero-order chi connectivity index (χ0) is 20.9. The van der Waals surface area contributed by atoms with Crippen molar-refractivity contribution in [2.45, 2.75) is 13.3 Å². The van der Waals surface area contributed by atoms with E-state index < -0.39 is 0 Å². The van der Waals surface area contributed by atoms with Crippen LogP contribution < -0.4 is 15.4 Å². The van der Waals surface area contributed by atoms with E-state index in [9.17, 15) is 0 Å². The number of rotatable bonds is 7. The Morgan fingerprint density at radius 1 is 1.07 bits per heavy atom. The van der Waals surface area contributed by atoms with E-state index in [1.54, 1.807) is 13.3 Å². The van der Waals surface area contributed by atoms with Crippen LogP contribution in [0.15, 0.2) is 65.5 Å². The Labute approximate surface area is 174 Å². The fraction of sp³-hybridized carbons (Fsp3) is 0.182. The molecule has 0 radical (unpaired) electrons. The van der Waals surface area contributed by atoms with Gasteiger partial charge >= 0.3 is 0 Å². The second-order valence-electron chi connectivity index (χ2n) is 6.59. The topological polar surface area (TPSA) is 103 Å². The predicted octanol–water partition coefficient (Wildman–Crippen LogP) is 4.33. The van der Waals surface area contributed by atoms with Gasteiger partial charge in [-0.25, -0.2) is 4.98 Å². The van der Waals surface area contributed by atoms with Gasteiger partial charge in [0.15, 0.2) is 18.0 Å². The number of nitrogens with two attached hydrogens (primary N) is 1. The first kappa shape index (κ1) is 19.4. The molecule has 2 aromatic heterocycles. The van der Waals surface area contributed by atoms with Crippen LogP contribution in [0.5, 0.6) is 5.75 Å². The first-order valence-corrected chi connectivity index (χ1v) is 9.61. The average molecular weight is 402 g/mol. The maximum atomic E-state index is 6.02. The van der Waals surface area contributed by atoms with Crippen LogP contribution in [0.4, 0.5) is 17.6 Å². The van der Waals surface area contributed by atoms with Crippen LogP contribution in [0.1, 0.15) is 13.3 Å². The van der Waals surface area contributed by atoms with E-state index in [2.05, 4.69) is 26.9 Å². The quantitative estimate of drug-likeness (QED) is 0.487. The number of nitrogen functional groups attached to an aromatic ring is 1. The van der Waals surface area contributed by atoms with Crippen LogP contribution in [0, 0.1) is 0 Å². The van der Waals surface area contributed by atoms with Crippen LogP contribution in [0.3, 0.4) is 0 Å². The Kier molecular flexibility index (Phi) is 5.56. The average Bonchev–Trinajstić information content (AvgIpc) is 3.32. The molecule has 8 nitrogen and oxygen atoms in total. The molecule has 0 saturated carbocycles. The van der Waals surface area contributed by atoms with Gasteiger partial charge in [0.05, 0.1) is 18.9 Å². The van der Waals surface area contributed by atoms with Gasteiger partial charge in [-0.2, -0.15) is 15.0 Å². The third kappa shape index (κ3) is 3.93. The molecule has 4 aromatic rings. The number of benzene rings is 2. The molecule has 2 N–H and O–H groups in total. The van der Waals surface area contributed by atoms with Gasteiger partial charge in [-0.05, 0) is 18.6 Å². The molecule has 30 heavy (non-hydrogen) atoms. The summed E-state index contributed by atoms with van der Waals surface area (Å²) in [5, 5.41) is 0. The largest absolute Gasteiger partial charge is 0.496 e. The van der Waals surface area contributed by atoms with Gasteiger partial charge < -0.3 is 19.8 Å². The molecule has 0 spiro atoms. The second kappa shape index (κ2) is 8.60. The molecule has 4 rings (SSSR count). The SMILES string of the molecule is CCCN(c1ccc(-c2cnco2)c(OC)c1)c1nc(N)nc(-c2ccccc2)n1. The van der Waals surface area contributed by atoms with Crippen LogP contribution in [0.25, 0.3) is 22.7 Å². The lowest BCUT2D eigenvalue weighted by molar-refractivity contribution is 0.414. The van der Waals surface area contributed by atoms with E-state index >= 15 is 0 Å². The van der Waals surface area contributed by atoms with E-state index in [0.717, 1.165) is 23.2 Å². The maximum Gasteiger partial charge on any atom is 0.235 e. The minimum absolute atomic E-state index is 0.171. The summed E-state index contributed by atoms with van der Waals surface area (Å²) in [4.78, 5) is 19.4. The molecule has 2 aromatic carbocycles. The fourth-order valence-electron chi connectivity index (χ4n) is 3.19. The lowest BCUT2D eigenvalue weighted by Crippen LogP contribution is -2.21. The van der Waals surface area contributed by atoms with Crippen LogP contribution in [-0.2, 0) is 0 Å². The molecule has 152 valence electrons. The Morgan fingerprint density at radius 2 is 1.90 bits per heavy atom. The minimum atomic E-state index is 0.171. The summed E-state index contributed by atoms with van der Waals surface area (Å²) < 4.78 is 11.0. The highest BCUT2D eigenvalue weighted by molar-refractivity contribution is 5.72. The molecule has 0 amide bonds. The van der Waals surface area contributed by atoms with Crippen LogP contribution in [-0.4, -0.2) is 33.6 Å². The molecule has 0 unspecified atom stereocenters. The van der Waals surface area contributed by atoms with Crippen molar-refractivity contribution < 1.29 is 9.15 Å². The Balaban J connectivity index is 1.77. The molecular formula is C22H22N6O2. The highest BCUT2D eigenvalue weighted by Crippen LogP contribution is 2.35. The highest BCUT2D eigenvalue weighted by Gasteiger charge is 2.18. The monoisotopic (exact) mass is 402 g/mol. The van der Waals surface area contributed by atoms with Crippen molar-refractivity contribution in [3.63, 3.8) is 0 Å². The molecule has 8 heteroatoms. The standard InChI is InChI=1S/C22H22N6O2/c1-3-11-28(16-9-10-17(18(12-16)29-2)19-13-24-14-30-19)22-26-20(25-21(23)27-22)15-7-5-4-6-8-15/h4-10,12-14H,3,11H2,1-2H3,(H2,23,25,26,27). The van der Waals surface area contributed by atoms with E-state index in [1.165, 1.54) is 6.39 Å². The van der Waals surface area contributed by atoms with Gasteiger partial charge in [-0.15, -0.1) is 0 Å². The van der Waals surface area contributed by atoms with Gasteiger partial charge in [0.25, 0.3) is 0 Å². The molecule has 2 heterocycles. The van der Waals surface area contributed by atoms with Gasteiger partial charge in [0, 0.05) is 23.9 Å². The Hall–Kier alpha value is -3.94. The van der Waals surface area contributed by atoms with Crippen molar-refractivity contribution in [2.24, 2.45) is 0 Å². The summed E-state index contributed by atoms with van der Waals surface area (Å²) in [5.74, 6) is 2.49. The first-order valence-electron chi connectivity index (χ1n) is 9.61. The molecule has 0 fully saturated rings. The number of ether oxygens (including phenoxy) is 1. The number of nitrogens with zero attached hydrogens (tertiary/aromatic N) is 5. The van der Waals surface area contributed by atoms with Gasteiger partial charge in [0.2, 0.25) is 11.9 Å². The first-order chi connectivity index (χ1) is 14.7. The van der Waals surface area contributed by atoms with Crippen molar-refractivity contribution >= 4 is 17.6 Å². The second-order valence-corrected chi connectivity index (χ2v) is 6.59. The Bertz CT molecular complexity index is 1120. The van der Waals surface area contributed by atoms with E-state index in [0.29, 0.717) is 29.8 Å². The molecule has 0 aliphatic carbocycles. The van der Waals surface area contributed by atoms with E-state index in [-0.39, 0.29) is 5.95 Å². The van der Waals surface area contributed by atoms with Crippen LogP contribution >= 0.6 is 0 Å². The lowest BCUT2D eigenvalue weighted by atomic mass is 10.1. The molecular weight excluding hydrogens is 380 g/mol. The van der Waals surface area contributed by atoms with Gasteiger partial charge in [-0.1, -0.05) is 37.3 Å². The van der Waals surface area contributed by atoms with E-state index in [1.807, 2.05) is 53.4 Å². The number of oxazole rings is 1. The molecule has 0 aliphatic heterocycles. The van der Waals surface area contributed by atoms with Gasteiger partial charge in [0.1, 0.15) is 5.75 Å². The highest BCUT2D eigenvalue weighted by atomic mass is 16.5. The smallest absolute Gasteiger partial charge is 0.235 e. The number of aromatic nitrogens is 4. The van der Waals surface area contributed by atoms with Crippen molar-refractivity contribution in [2.75, 3.05) is 24.3 Å². The minimum Gasteiger partial charge on any atom is -0.496 e. The zero-order valence-corrected chi connectivity index (χ0v) is 16.8.